The first kappa shape index (κ1) is 20.5. The summed E-state index contributed by atoms with van der Waals surface area (Å²) in [6, 6.07) is 10.9. The SMILES string of the molecule is CCc1ccc(-c2n[nH]cc2C(=O)N[C@@H](CC(N)=O)c2cccc(Cl)c2)c(F)c1. The Morgan fingerprint density at radius 1 is 1.28 bits per heavy atom. The number of nitrogens with one attached hydrogen (secondary N) is 2. The maximum atomic E-state index is 14.5. The highest BCUT2D eigenvalue weighted by Crippen LogP contribution is 2.27. The Hall–Kier alpha value is -3.19. The fourth-order valence-electron chi connectivity index (χ4n) is 3.05. The second-order valence-electron chi connectivity index (χ2n) is 6.57. The van der Waals surface area contributed by atoms with Crippen LogP contribution in [0.25, 0.3) is 11.3 Å². The summed E-state index contributed by atoms with van der Waals surface area (Å²) in [5, 5.41) is 9.88. The molecule has 0 radical (unpaired) electrons. The van der Waals surface area contributed by atoms with Crippen molar-refractivity contribution < 1.29 is 14.0 Å². The number of primary amides is 1. The number of halogens is 2. The summed E-state index contributed by atoms with van der Waals surface area (Å²) in [5.74, 6) is -1.56. The van der Waals surface area contributed by atoms with Crippen LogP contribution in [0.1, 0.15) is 40.9 Å². The molecule has 0 fully saturated rings. The maximum Gasteiger partial charge on any atom is 0.255 e. The lowest BCUT2D eigenvalue weighted by molar-refractivity contribution is -0.118. The highest BCUT2D eigenvalue weighted by atomic mass is 35.5. The first-order valence-corrected chi connectivity index (χ1v) is 9.44. The maximum absolute atomic E-state index is 14.5. The molecule has 150 valence electrons. The van der Waals surface area contributed by atoms with E-state index in [9.17, 15) is 14.0 Å². The molecule has 0 aliphatic carbocycles. The zero-order valence-corrected chi connectivity index (χ0v) is 16.5. The number of carbonyl (C=O) groups excluding carboxylic acids is 2. The molecule has 0 saturated heterocycles. The molecular formula is C21H20ClFN4O2. The van der Waals surface area contributed by atoms with E-state index in [1.54, 1.807) is 36.4 Å². The van der Waals surface area contributed by atoms with Crippen molar-refractivity contribution in [2.24, 2.45) is 5.73 Å². The second kappa shape index (κ2) is 8.87. The predicted molar refractivity (Wildman–Crippen MR) is 109 cm³/mol. The number of aromatic nitrogens is 2. The molecule has 0 saturated carbocycles. The first-order chi connectivity index (χ1) is 13.9. The fourth-order valence-corrected chi connectivity index (χ4v) is 3.25. The lowest BCUT2D eigenvalue weighted by Gasteiger charge is -2.18. The molecule has 6 nitrogen and oxygen atoms in total. The van der Waals surface area contributed by atoms with Gasteiger partial charge in [0.1, 0.15) is 11.5 Å². The molecule has 2 amide bonds. The van der Waals surface area contributed by atoms with Crippen LogP contribution in [0.4, 0.5) is 4.39 Å². The Morgan fingerprint density at radius 2 is 2.07 bits per heavy atom. The van der Waals surface area contributed by atoms with E-state index in [0.29, 0.717) is 17.0 Å². The largest absolute Gasteiger partial charge is 0.370 e. The molecule has 0 bridgehead atoms. The summed E-state index contributed by atoms with van der Waals surface area (Å²) >= 11 is 6.02. The zero-order chi connectivity index (χ0) is 21.0. The molecule has 0 aliphatic heterocycles. The Labute approximate surface area is 172 Å². The second-order valence-corrected chi connectivity index (χ2v) is 7.00. The summed E-state index contributed by atoms with van der Waals surface area (Å²) in [6.07, 6.45) is 1.97. The molecule has 3 aromatic rings. The Kier molecular flexibility index (Phi) is 6.29. The van der Waals surface area contributed by atoms with E-state index in [2.05, 4.69) is 15.5 Å². The van der Waals surface area contributed by atoms with Crippen molar-refractivity contribution in [3.63, 3.8) is 0 Å². The van der Waals surface area contributed by atoms with Crippen LogP contribution in [0, 0.1) is 5.82 Å². The summed E-state index contributed by atoms with van der Waals surface area (Å²) in [4.78, 5) is 24.4. The van der Waals surface area contributed by atoms with Gasteiger partial charge in [-0.1, -0.05) is 36.7 Å². The van der Waals surface area contributed by atoms with Crippen molar-refractivity contribution in [2.45, 2.75) is 25.8 Å². The summed E-state index contributed by atoms with van der Waals surface area (Å²) in [7, 11) is 0. The minimum atomic E-state index is -0.686. The van der Waals surface area contributed by atoms with Gasteiger partial charge < -0.3 is 11.1 Å². The monoisotopic (exact) mass is 414 g/mol. The van der Waals surface area contributed by atoms with Crippen LogP contribution < -0.4 is 11.1 Å². The number of nitrogens with zero attached hydrogens (tertiary/aromatic N) is 1. The minimum absolute atomic E-state index is 0.112. The van der Waals surface area contributed by atoms with E-state index in [0.717, 1.165) is 5.56 Å². The van der Waals surface area contributed by atoms with E-state index < -0.39 is 23.7 Å². The minimum Gasteiger partial charge on any atom is -0.370 e. The lowest BCUT2D eigenvalue weighted by atomic mass is 10.0. The van der Waals surface area contributed by atoms with E-state index in [1.807, 2.05) is 6.92 Å². The molecule has 1 heterocycles. The third-order valence-corrected chi connectivity index (χ3v) is 4.78. The van der Waals surface area contributed by atoms with Gasteiger partial charge in [0, 0.05) is 16.8 Å². The van der Waals surface area contributed by atoms with Gasteiger partial charge in [-0.15, -0.1) is 0 Å². The van der Waals surface area contributed by atoms with Crippen LogP contribution in [-0.2, 0) is 11.2 Å². The van der Waals surface area contributed by atoms with Gasteiger partial charge in [-0.2, -0.15) is 5.10 Å². The number of nitrogens with two attached hydrogens (primary N) is 1. The molecule has 29 heavy (non-hydrogen) atoms. The van der Waals surface area contributed by atoms with Gasteiger partial charge in [-0.25, -0.2) is 4.39 Å². The fraction of sp³-hybridized carbons (Fsp3) is 0.190. The third kappa shape index (κ3) is 4.81. The standard InChI is InChI=1S/C21H20ClFN4O2/c1-2-12-6-7-15(17(23)8-12)20-16(11-25-27-20)21(29)26-18(10-19(24)28)13-4-3-5-14(22)9-13/h3-9,11,18H,2,10H2,1H3,(H2,24,28)(H,25,27)(H,26,29)/t18-/m0/s1. The summed E-state index contributed by atoms with van der Waals surface area (Å²) in [5.41, 5.74) is 7.37. The van der Waals surface area contributed by atoms with E-state index in [-0.39, 0.29) is 23.2 Å². The van der Waals surface area contributed by atoms with E-state index >= 15 is 0 Å². The number of carbonyl (C=O) groups is 2. The highest BCUT2D eigenvalue weighted by Gasteiger charge is 2.23. The van der Waals surface area contributed by atoms with Crippen LogP contribution in [-0.4, -0.2) is 22.0 Å². The van der Waals surface area contributed by atoms with Crippen LogP contribution in [0.5, 0.6) is 0 Å². The average molecular weight is 415 g/mol. The van der Waals surface area contributed by atoms with E-state index in [1.165, 1.54) is 12.3 Å². The molecular weight excluding hydrogens is 395 g/mol. The Bertz CT molecular complexity index is 1050. The molecule has 0 unspecified atom stereocenters. The van der Waals surface area contributed by atoms with Gasteiger partial charge in [-0.3, -0.25) is 14.7 Å². The number of hydrogen-bond donors (Lipinski definition) is 3. The third-order valence-electron chi connectivity index (χ3n) is 4.54. The van der Waals surface area contributed by atoms with Gasteiger partial charge in [0.15, 0.2) is 0 Å². The number of benzene rings is 2. The number of rotatable bonds is 7. The van der Waals surface area contributed by atoms with Crippen LogP contribution in [0.2, 0.25) is 5.02 Å². The molecule has 0 spiro atoms. The van der Waals surface area contributed by atoms with Crippen LogP contribution in [0.15, 0.2) is 48.7 Å². The van der Waals surface area contributed by atoms with Gasteiger partial charge in [-0.05, 0) is 41.8 Å². The molecule has 4 N–H and O–H groups in total. The molecule has 1 aromatic heterocycles. The van der Waals surface area contributed by atoms with Crippen LogP contribution >= 0.6 is 11.6 Å². The van der Waals surface area contributed by atoms with E-state index in [4.69, 9.17) is 17.3 Å². The quantitative estimate of drug-likeness (QED) is 0.548. The van der Waals surface area contributed by atoms with Crippen molar-refractivity contribution >= 4 is 23.4 Å². The highest BCUT2D eigenvalue weighted by molar-refractivity contribution is 6.30. The number of hydrogen-bond acceptors (Lipinski definition) is 3. The Balaban J connectivity index is 1.90. The van der Waals surface area contributed by atoms with Gasteiger partial charge in [0.05, 0.1) is 18.0 Å². The molecule has 0 aliphatic rings. The number of aryl methyl sites for hydroxylation is 1. The Morgan fingerprint density at radius 3 is 2.72 bits per heavy atom. The molecule has 8 heteroatoms. The predicted octanol–water partition coefficient (Wildman–Crippen LogP) is 3.78. The first-order valence-electron chi connectivity index (χ1n) is 9.06. The van der Waals surface area contributed by atoms with Gasteiger partial charge in [0.25, 0.3) is 5.91 Å². The topological polar surface area (TPSA) is 101 Å². The van der Waals surface area contributed by atoms with Crippen molar-refractivity contribution in [3.05, 3.63) is 76.2 Å². The van der Waals surface area contributed by atoms with Crippen molar-refractivity contribution in [3.8, 4) is 11.3 Å². The zero-order valence-electron chi connectivity index (χ0n) is 15.7. The molecule has 1 atom stereocenters. The summed E-state index contributed by atoms with van der Waals surface area (Å²) in [6.45, 7) is 1.93. The van der Waals surface area contributed by atoms with Gasteiger partial charge >= 0.3 is 0 Å². The lowest BCUT2D eigenvalue weighted by Crippen LogP contribution is -2.32. The molecule has 2 aromatic carbocycles. The van der Waals surface area contributed by atoms with Crippen LogP contribution in [0.3, 0.4) is 0 Å². The smallest absolute Gasteiger partial charge is 0.255 e. The van der Waals surface area contributed by atoms with Crippen molar-refractivity contribution in [2.75, 3.05) is 0 Å². The molecule has 3 rings (SSSR count). The van der Waals surface area contributed by atoms with Crippen molar-refractivity contribution in [1.82, 2.24) is 15.5 Å². The van der Waals surface area contributed by atoms with Gasteiger partial charge in [0.2, 0.25) is 5.91 Å². The average Bonchev–Trinajstić information content (AvgIpc) is 3.16. The number of amides is 2. The summed E-state index contributed by atoms with van der Waals surface area (Å²) < 4.78 is 14.5. The van der Waals surface area contributed by atoms with Crippen molar-refractivity contribution in [1.29, 1.82) is 0 Å². The number of aromatic amines is 1. The number of H-pyrrole nitrogens is 1. The normalized spacial score (nSPS) is 11.8.